The molecule has 0 aliphatic carbocycles. The Morgan fingerprint density at radius 2 is 2.03 bits per heavy atom. The molecule has 6 nitrogen and oxygen atoms in total. The molecule has 2 aromatic carbocycles. The fraction of sp³-hybridized carbons (Fsp3) is 0.261. The van der Waals surface area contributed by atoms with Gasteiger partial charge < -0.3 is 9.72 Å². The minimum Gasteiger partial charge on any atom is -0.376 e. The molecule has 0 radical (unpaired) electrons. The van der Waals surface area contributed by atoms with Gasteiger partial charge in [0.2, 0.25) is 0 Å². The van der Waals surface area contributed by atoms with Crippen LogP contribution in [0.25, 0.3) is 22.3 Å². The summed E-state index contributed by atoms with van der Waals surface area (Å²) in [5.74, 6) is 1.09. The molecule has 31 heavy (non-hydrogen) atoms. The number of carbonyl (C=O) groups excluding carboxylic acids is 1. The van der Waals surface area contributed by atoms with E-state index in [2.05, 4.69) is 25.8 Å². The van der Waals surface area contributed by atoms with Crippen LogP contribution in [0, 0.1) is 0 Å². The number of ether oxygens (including phenoxy) is 1. The topological polar surface area (TPSA) is 72.8 Å². The number of rotatable bonds is 7. The third kappa shape index (κ3) is 4.26. The lowest BCUT2D eigenvalue weighted by Gasteiger charge is -2.14. The lowest BCUT2D eigenvalue weighted by Crippen LogP contribution is -2.17. The van der Waals surface area contributed by atoms with Crippen LogP contribution in [0.2, 0.25) is 5.02 Å². The summed E-state index contributed by atoms with van der Waals surface area (Å²) in [6.45, 7) is 1.45. The summed E-state index contributed by atoms with van der Waals surface area (Å²) in [7, 11) is 0. The van der Waals surface area contributed by atoms with Crippen LogP contribution in [-0.4, -0.2) is 44.0 Å². The molecular weight excluding hydrogens is 432 g/mol. The van der Waals surface area contributed by atoms with Crippen molar-refractivity contribution in [2.45, 2.75) is 30.6 Å². The van der Waals surface area contributed by atoms with Gasteiger partial charge in [-0.25, -0.2) is 0 Å². The second-order valence-electron chi connectivity index (χ2n) is 7.52. The van der Waals surface area contributed by atoms with Gasteiger partial charge >= 0.3 is 0 Å². The van der Waals surface area contributed by atoms with E-state index in [0.29, 0.717) is 17.1 Å². The number of halogens is 1. The lowest BCUT2D eigenvalue weighted by molar-refractivity contribution is 0.0953. The van der Waals surface area contributed by atoms with Crippen molar-refractivity contribution in [3.8, 4) is 11.4 Å². The van der Waals surface area contributed by atoms with Crippen molar-refractivity contribution in [2.24, 2.45) is 0 Å². The van der Waals surface area contributed by atoms with E-state index < -0.39 is 0 Å². The van der Waals surface area contributed by atoms with Gasteiger partial charge in [0, 0.05) is 39.9 Å². The number of aromatic nitrogens is 4. The molecule has 0 bridgehead atoms. The Bertz CT molecular complexity index is 1210. The highest BCUT2D eigenvalue weighted by molar-refractivity contribution is 7.99. The molecule has 1 N–H and O–H groups in total. The van der Waals surface area contributed by atoms with Crippen LogP contribution in [0.5, 0.6) is 0 Å². The number of hydrogen-bond donors (Lipinski definition) is 1. The Kier molecular flexibility index (Phi) is 5.80. The molecule has 0 spiro atoms. The van der Waals surface area contributed by atoms with Crippen molar-refractivity contribution in [1.29, 1.82) is 0 Å². The molecule has 0 saturated carbocycles. The van der Waals surface area contributed by atoms with Crippen molar-refractivity contribution >= 4 is 40.0 Å². The number of nitrogens with zero attached hydrogens (tertiary/aromatic N) is 3. The van der Waals surface area contributed by atoms with Crippen molar-refractivity contribution in [3.63, 3.8) is 0 Å². The highest BCUT2D eigenvalue weighted by Gasteiger charge is 2.23. The van der Waals surface area contributed by atoms with Crippen LogP contribution in [0.4, 0.5) is 0 Å². The van der Waals surface area contributed by atoms with E-state index in [1.54, 1.807) is 24.3 Å². The summed E-state index contributed by atoms with van der Waals surface area (Å²) in [5.41, 5.74) is 2.69. The molecule has 0 amide bonds. The van der Waals surface area contributed by atoms with Crippen molar-refractivity contribution in [3.05, 3.63) is 65.3 Å². The molecule has 4 aromatic rings. The zero-order valence-corrected chi connectivity index (χ0v) is 18.3. The molecule has 1 aliphatic rings. The summed E-state index contributed by atoms with van der Waals surface area (Å²) in [5, 5.41) is 11.4. The quantitative estimate of drug-likeness (QED) is 0.307. The first-order valence-electron chi connectivity index (χ1n) is 10.2. The maximum Gasteiger partial charge on any atom is 0.192 e. The number of nitrogens with one attached hydrogen (secondary N) is 1. The molecule has 1 saturated heterocycles. The summed E-state index contributed by atoms with van der Waals surface area (Å²) in [6, 6.07) is 15.1. The number of hydrogen-bond acceptors (Lipinski definition) is 5. The van der Waals surface area contributed by atoms with Crippen LogP contribution in [0.1, 0.15) is 23.2 Å². The van der Waals surface area contributed by atoms with E-state index in [4.69, 9.17) is 16.3 Å². The highest BCUT2D eigenvalue weighted by atomic mass is 35.5. The zero-order chi connectivity index (χ0) is 21.2. The fourth-order valence-corrected chi connectivity index (χ4v) is 4.83. The monoisotopic (exact) mass is 452 g/mol. The number of fused-ring (bicyclic) bond motifs is 1. The predicted octanol–water partition coefficient (Wildman–Crippen LogP) is 5.23. The minimum absolute atomic E-state index is 0.0296. The number of para-hydroxylation sites is 1. The number of H-pyrrole nitrogens is 1. The van der Waals surface area contributed by atoms with E-state index in [-0.39, 0.29) is 17.6 Å². The van der Waals surface area contributed by atoms with Crippen LogP contribution in [0.3, 0.4) is 0 Å². The largest absolute Gasteiger partial charge is 0.376 e. The molecule has 2 aromatic heterocycles. The Morgan fingerprint density at radius 3 is 2.84 bits per heavy atom. The van der Waals surface area contributed by atoms with E-state index >= 15 is 0 Å². The average molecular weight is 453 g/mol. The van der Waals surface area contributed by atoms with E-state index in [1.807, 2.05) is 24.4 Å². The summed E-state index contributed by atoms with van der Waals surface area (Å²) < 4.78 is 7.96. The number of ketones is 1. The molecule has 3 heterocycles. The SMILES string of the molecule is O=C(CSc1nnc(-c2c[nH]c3ccccc23)n1CC1CCCO1)c1ccc(Cl)cc1. The summed E-state index contributed by atoms with van der Waals surface area (Å²) >= 11 is 7.33. The Labute approximate surface area is 189 Å². The molecule has 1 aliphatic heterocycles. The van der Waals surface area contributed by atoms with Crippen molar-refractivity contribution in [1.82, 2.24) is 19.7 Å². The van der Waals surface area contributed by atoms with E-state index in [1.165, 1.54) is 11.8 Å². The van der Waals surface area contributed by atoms with Gasteiger partial charge in [-0.3, -0.25) is 9.36 Å². The number of thioether (sulfide) groups is 1. The average Bonchev–Trinajstić information content (AvgIpc) is 3.53. The molecule has 1 unspecified atom stereocenters. The first kappa shape index (κ1) is 20.3. The van der Waals surface area contributed by atoms with Crippen molar-refractivity contribution < 1.29 is 9.53 Å². The second-order valence-corrected chi connectivity index (χ2v) is 8.90. The van der Waals surface area contributed by atoms with Crippen LogP contribution >= 0.6 is 23.4 Å². The molecule has 5 rings (SSSR count). The van der Waals surface area contributed by atoms with Crippen LogP contribution in [-0.2, 0) is 11.3 Å². The van der Waals surface area contributed by atoms with Gasteiger partial charge in [-0.2, -0.15) is 0 Å². The van der Waals surface area contributed by atoms with Gasteiger partial charge in [-0.1, -0.05) is 41.6 Å². The summed E-state index contributed by atoms with van der Waals surface area (Å²) in [6.07, 6.45) is 4.17. The number of aromatic amines is 1. The number of carbonyl (C=O) groups is 1. The first-order valence-corrected chi connectivity index (χ1v) is 11.6. The fourth-order valence-electron chi connectivity index (χ4n) is 3.86. The van der Waals surface area contributed by atoms with Gasteiger partial charge in [0.05, 0.1) is 18.4 Å². The normalized spacial score (nSPS) is 16.2. The Morgan fingerprint density at radius 1 is 1.19 bits per heavy atom. The zero-order valence-electron chi connectivity index (χ0n) is 16.8. The molecule has 8 heteroatoms. The van der Waals surface area contributed by atoms with Gasteiger partial charge in [0.1, 0.15) is 0 Å². The number of benzene rings is 2. The minimum atomic E-state index is 0.0296. The third-order valence-corrected chi connectivity index (χ3v) is 6.67. The van der Waals surface area contributed by atoms with E-state index in [9.17, 15) is 4.79 Å². The molecular formula is C23H21ClN4O2S. The van der Waals surface area contributed by atoms with E-state index in [0.717, 1.165) is 46.9 Å². The Balaban J connectivity index is 1.44. The highest BCUT2D eigenvalue weighted by Crippen LogP contribution is 2.31. The maximum atomic E-state index is 12.6. The molecule has 158 valence electrons. The standard InChI is InChI=1S/C23H21ClN4O2S/c24-16-9-7-15(8-10-16)21(29)14-31-23-27-26-22(28(23)13-17-4-3-11-30-17)19-12-25-20-6-2-1-5-18(19)20/h1-2,5-10,12,17,25H,3-4,11,13-14H2. The first-order chi connectivity index (χ1) is 15.2. The number of Topliss-reactive ketones (excluding diaryl/α,β-unsaturated/α-hetero) is 1. The molecule has 1 atom stereocenters. The van der Waals surface area contributed by atoms with Gasteiger partial charge in [-0.15, -0.1) is 10.2 Å². The second kappa shape index (κ2) is 8.86. The van der Waals surface area contributed by atoms with Gasteiger partial charge in [0.25, 0.3) is 0 Å². The summed E-state index contributed by atoms with van der Waals surface area (Å²) in [4.78, 5) is 16.0. The third-order valence-electron chi connectivity index (χ3n) is 5.46. The predicted molar refractivity (Wildman–Crippen MR) is 123 cm³/mol. The lowest BCUT2D eigenvalue weighted by atomic mass is 10.1. The van der Waals surface area contributed by atoms with Crippen molar-refractivity contribution in [2.75, 3.05) is 12.4 Å². The van der Waals surface area contributed by atoms with Gasteiger partial charge in [0.15, 0.2) is 16.8 Å². The maximum absolute atomic E-state index is 12.6. The van der Waals surface area contributed by atoms with Crippen LogP contribution in [0.15, 0.2) is 59.9 Å². The van der Waals surface area contributed by atoms with Crippen LogP contribution < -0.4 is 0 Å². The Hall–Kier alpha value is -2.61. The van der Waals surface area contributed by atoms with Gasteiger partial charge in [-0.05, 0) is 43.2 Å². The smallest absolute Gasteiger partial charge is 0.192 e. The molecule has 1 fully saturated rings.